The first kappa shape index (κ1) is 18.9. The Bertz CT molecular complexity index is 957. The van der Waals surface area contributed by atoms with Crippen molar-refractivity contribution in [1.82, 2.24) is 5.32 Å². The van der Waals surface area contributed by atoms with Crippen LogP contribution in [0.1, 0.15) is 21.9 Å². The second kappa shape index (κ2) is 8.66. The Kier molecular flexibility index (Phi) is 6.29. The summed E-state index contributed by atoms with van der Waals surface area (Å²) in [5, 5.41) is 3.25. The van der Waals surface area contributed by atoms with E-state index in [2.05, 4.69) is 21.2 Å². The molecule has 0 aliphatic heterocycles. The lowest BCUT2D eigenvalue weighted by atomic mass is 10.2. The zero-order valence-electron chi connectivity index (χ0n) is 13.6. The van der Waals surface area contributed by atoms with Gasteiger partial charge in [0.05, 0.1) is 26.5 Å². The van der Waals surface area contributed by atoms with Gasteiger partial charge in [0.1, 0.15) is 5.76 Å². The molecule has 1 heterocycles. The SMILES string of the molecule is O=C(NCc1cccc(Br)c1)c1ccc(C[S@](=O)c2ccccc2Cl)o1. The van der Waals surface area contributed by atoms with Crippen molar-refractivity contribution in [2.75, 3.05) is 0 Å². The minimum atomic E-state index is -1.34. The number of hydrogen-bond acceptors (Lipinski definition) is 3. The fraction of sp³-hybridized carbons (Fsp3) is 0.105. The number of carbonyl (C=O) groups is 1. The Labute approximate surface area is 167 Å². The van der Waals surface area contributed by atoms with E-state index in [1.807, 2.05) is 24.3 Å². The van der Waals surface area contributed by atoms with Crippen molar-refractivity contribution in [3.8, 4) is 0 Å². The number of rotatable bonds is 6. The van der Waals surface area contributed by atoms with Crippen molar-refractivity contribution in [1.29, 1.82) is 0 Å². The highest BCUT2D eigenvalue weighted by atomic mass is 79.9. The molecule has 26 heavy (non-hydrogen) atoms. The van der Waals surface area contributed by atoms with Crippen LogP contribution in [0.2, 0.25) is 5.02 Å². The molecule has 7 heteroatoms. The molecule has 0 bridgehead atoms. The molecule has 0 fully saturated rings. The van der Waals surface area contributed by atoms with Crippen LogP contribution in [-0.4, -0.2) is 10.1 Å². The van der Waals surface area contributed by atoms with Crippen LogP contribution >= 0.6 is 27.5 Å². The minimum Gasteiger partial charge on any atom is -0.455 e. The third-order valence-electron chi connectivity index (χ3n) is 3.58. The maximum absolute atomic E-state index is 12.4. The summed E-state index contributed by atoms with van der Waals surface area (Å²) in [5.74, 6) is 0.490. The number of furan rings is 1. The van der Waals surface area contributed by atoms with E-state index in [1.165, 1.54) is 0 Å². The number of halogens is 2. The van der Waals surface area contributed by atoms with Crippen molar-refractivity contribution >= 4 is 44.2 Å². The number of nitrogens with one attached hydrogen (secondary N) is 1. The predicted octanol–water partition coefficient (Wildman–Crippen LogP) is 4.93. The molecule has 0 aliphatic rings. The van der Waals surface area contributed by atoms with E-state index in [4.69, 9.17) is 16.0 Å². The van der Waals surface area contributed by atoms with Crippen molar-refractivity contribution in [3.63, 3.8) is 0 Å². The van der Waals surface area contributed by atoms with Gasteiger partial charge in [-0.15, -0.1) is 0 Å². The standard InChI is InChI=1S/C19H15BrClNO3S/c20-14-5-3-4-13(10-14)11-22-19(23)17-9-8-15(25-17)12-26(24)18-7-2-1-6-16(18)21/h1-10H,11-12H2,(H,22,23)/t26-/m0/s1. The summed E-state index contributed by atoms with van der Waals surface area (Å²) in [6.07, 6.45) is 0. The number of amides is 1. The molecule has 134 valence electrons. The van der Waals surface area contributed by atoms with Gasteiger partial charge in [0, 0.05) is 11.0 Å². The van der Waals surface area contributed by atoms with Gasteiger partial charge in [-0.05, 0) is 42.0 Å². The van der Waals surface area contributed by atoms with Crippen LogP contribution in [0.4, 0.5) is 0 Å². The zero-order valence-corrected chi connectivity index (χ0v) is 16.7. The molecule has 0 saturated carbocycles. The van der Waals surface area contributed by atoms with E-state index < -0.39 is 10.8 Å². The fourth-order valence-electron chi connectivity index (χ4n) is 2.33. The molecule has 0 unspecified atom stereocenters. The monoisotopic (exact) mass is 451 g/mol. The summed E-state index contributed by atoms with van der Waals surface area (Å²) in [6, 6.07) is 17.9. The highest BCUT2D eigenvalue weighted by Gasteiger charge is 2.15. The number of carbonyl (C=O) groups excluding carboxylic acids is 1. The van der Waals surface area contributed by atoms with Gasteiger partial charge in [0.25, 0.3) is 5.91 Å². The summed E-state index contributed by atoms with van der Waals surface area (Å²) in [5.41, 5.74) is 0.972. The lowest BCUT2D eigenvalue weighted by molar-refractivity contribution is 0.0921. The summed E-state index contributed by atoms with van der Waals surface area (Å²) in [6.45, 7) is 0.389. The largest absolute Gasteiger partial charge is 0.455 e. The second-order valence-electron chi connectivity index (χ2n) is 5.50. The van der Waals surface area contributed by atoms with Gasteiger partial charge in [0.2, 0.25) is 0 Å². The number of benzene rings is 2. The van der Waals surface area contributed by atoms with Gasteiger partial charge in [-0.1, -0.05) is 51.8 Å². The molecular weight excluding hydrogens is 438 g/mol. The van der Waals surface area contributed by atoms with Crippen LogP contribution in [0.5, 0.6) is 0 Å². The third-order valence-corrected chi connectivity index (χ3v) is 5.91. The molecule has 1 amide bonds. The van der Waals surface area contributed by atoms with Gasteiger partial charge in [-0.25, -0.2) is 0 Å². The van der Waals surface area contributed by atoms with Crippen LogP contribution < -0.4 is 5.32 Å². The summed E-state index contributed by atoms with van der Waals surface area (Å²) < 4.78 is 18.9. The van der Waals surface area contributed by atoms with Gasteiger partial charge in [-0.2, -0.15) is 0 Å². The van der Waals surface area contributed by atoms with E-state index in [9.17, 15) is 9.00 Å². The molecule has 0 aliphatic carbocycles. The average molecular weight is 453 g/mol. The van der Waals surface area contributed by atoms with Gasteiger partial charge in [-0.3, -0.25) is 9.00 Å². The van der Waals surface area contributed by atoms with Gasteiger partial charge >= 0.3 is 0 Å². The molecule has 0 saturated heterocycles. The van der Waals surface area contributed by atoms with E-state index in [1.54, 1.807) is 36.4 Å². The maximum Gasteiger partial charge on any atom is 0.287 e. The zero-order chi connectivity index (χ0) is 18.5. The van der Waals surface area contributed by atoms with E-state index in [0.29, 0.717) is 22.2 Å². The van der Waals surface area contributed by atoms with E-state index >= 15 is 0 Å². The highest BCUT2D eigenvalue weighted by molar-refractivity contribution is 9.10. The molecule has 1 aromatic heterocycles. The topological polar surface area (TPSA) is 59.3 Å². The molecule has 2 aromatic carbocycles. The van der Waals surface area contributed by atoms with Crippen LogP contribution in [0.3, 0.4) is 0 Å². The molecular formula is C19H15BrClNO3S. The predicted molar refractivity (Wildman–Crippen MR) is 106 cm³/mol. The summed E-state index contributed by atoms with van der Waals surface area (Å²) in [7, 11) is -1.34. The fourth-order valence-corrected chi connectivity index (χ4v) is 4.26. The second-order valence-corrected chi connectivity index (χ2v) is 8.24. The lowest BCUT2D eigenvalue weighted by Gasteiger charge is -2.04. The molecule has 4 nitrogen and oxygen atoms in total. The van der Waals surface area contributed by atoms with Gasteiger partial charge < -0.3 is 9.73 Å². The van der Waals surface area contributed by atoms with E-state index in [-0.39, 0.29) is 17.4 Å². The lowest BCUT2D eigenvalue weighted by Crippen LogP contribution is -2.22. The van der Waals surface area contributed by atoms with Crippen LogP contribution in [0.25, 0.3) is 0 Å². The normalized spacial score (nSPS) is 11.9. The minimum absolute atomic E-state index is 0.155. The maximum atomic E-state index is 12.4. The molecule has 3 aromatic rings. The molecule has 3 rings (SSSR count). The smallest absolute Gasteiger partial charge is 0.287 e. The average Bonchev–Trinajstić information content (AvgIpc) is 3.08. The highest BCUT2D eigenvalue weighted by Crippen LogP contribution is 2.22. The Hall–Kier alpha value is -1.89. The Morgan fingerprint density at radius 1 is 1.12 bits per heavy atom. The van der Waals surface area contributed by atoms with Crippen molar-refractivity contribution in [2.24, 2.45) is 0 Å². The van der Waals surface area contributed by atoms with E-state index in [0.717, 1.165) is 10.0 Å². The first-order valence-electron chi connectivity index (χ1n) is 7.77. The Balaban J connectivity index is 1.61. The molecule has 1 atom stereocenters. The summed E-state index contributed by atoms with van der Waals surface area (Å²) in [4.78, 5) is 12.8. The van der Waals surface area contributed by atoms with Crippen LogP contribution in [0, 0.1) is 0 Å². The number of hydrogen-bond donors (Lipinski definition) is 1. The quantitative estimate of drug-likeness (QED) is 0.577. The van der Waals surface area contributed by atoms with Crippen LogP contribution in [-0.2, 0) is 23.1 Å². The first-order valence-corrected chi connectivity index (χ1v) is 10.3. The molecule has 0 radical (unpaired) electrons. The molecule has 1 N–H and O–H groups in total. The third kappa shape index (κ3) is 4.84. The van der Waals surface area contributed by atoms with Gasteiger partial charge in [0.15, 0.2) is 5.76 Å². The Morgan fingerprint density at radius 3 is 2.69 bits per heavy atom. The Morgan fingerprint density at radius 2 is 1.92 bits per heavy atom. The van der Waals surface area contributed by atoms with Crippen molar-refractivity contribution < 1.29 is 13.4 Å². The summed E-state index contributed by atoms with van der Waals surface area (Å²) >= 11 is 9.46. The van der Waals surface area contributed by atoms with Crippen LogP contribution in [0.15, 0.2) is 74.4 Å². The van der Waals surface area contributed by atoms with Crippen molar-refractivity contribution in [2.45, 2.75) is 17.2 Å². The first-order chi connectivity index (χ1) is 12.5. The van der Waals surface area contributed by atoms with Crippen molar-refractivity contribution in [3.05, 3.63) is 87.2 Å². The molecule has 0 spiro atoms.